The SMILES string of the molecule is C=CCN(Nc1ccc(CCCCC)nn1)C(=O)O. The van der Waals surface area contributed by atoms with Crippen molar-refractivity contribution < 1.29 is 9.90 Å². The zero-order valence-electron chi connectivity index (χ0n) is 11.2. The third kappa shape index (κ3) is 5.37. The summed E-state index contributed by atoms with van der Waals surface area (Å²) in [6.45, 7) is 5.83. The standard InChI is InChI=1S/C13H20N4O2/c1-3-5-6-7-11-8-9-12(15-14-11)16-17(10-4-2)13(18)19/h4,8-9H,2-3,5-7,10H2,1H3,(H,15,16)(H,18,19). The Morgan fingerprint density at radius 2 is 2.26 bits per heavy atom. The molecule has 6 nitrogen and oxygen atoms in total. The number of carboxylic acid groups (broad SMARTS) is 1. The maximum atomic E-state index is 10.9. The van der Waals surface area contributed by atoms with Crippen molar-refractivity contribution >= 4 is 11.9 Å². The van der Waals surface area contributed by atoms with Crippen molar-refractivity contribution in [1.29, 1.82) is 0 Å². The van der Waals surface area contributed by atoms with Gasteiger partial charge in [0.15, 0.2) is 5.82 Å². The van der Waals surface area contributed by atoms with Crippen LogP contribution in [0.4, 0.5) is 10.6 Å². The summed E-state index contributed by atoms with van der Waals surface area (Å²) in [4.78, 5) is 10.9. The van der Waals surface area contributed by atoms with Gasteiger partial charge in [-0.05, 0) is 25.0 Å². The minimum absolute atomic E-state index is 0.176. The number of rotatable bonds is 8. The molecule has 0 radical (unpaired) electrons. The topological polar surface area (TPSA) is 78.3 Å². The van der Waals surface area contributed by atoms with Gasteiger partial charge in [0.25, 0.3) is 0 Å². The summed E-state index contributed by atoms with van der Waals surface area (Å²) >= 11 is 0. The maximum Gasteiger partial charge on any atom is 0.426 e. The molecule has 0 atom stereocenters. The number of hydrazine groups is 1. The number of nitrogens with one attached hydrogen (secondary N) is 1. The van der Waals surface area contributed by atoms with Gasteiger partial charge in [-0.3, -0.25) is 5.43 Å². The fourth-order valence-electron chi connectivity index (χ4n) is 1.55. The summed E-state index contributed by atoms with van der Waals surface area (Å²) in [5.41, 5.74) is 3.58. The number of unbranched alkanes of at least 4 members (excludes halogenated alkanes) is 2. The summed E-state index contributed by atoms with van der Waals surface area (Å²) in [7, 11) is 0. The molecule has 19 heavy (non-hydrogen) atoms. The van der Waals surface area contributed by atoms with E-state index < -0.39 is 6.09 Å². The number of aromatic nitrogens is 2. The van der Waals surface area contributed by atoms with Crippen LogP contribution in [0.2, 0.25) is 0 Å². The molecule has 6 heteroatoms. The summed E-state index contributed by atoms with van der Waals surface area (Å²) in [6, 6.07) is 3.59. The largest absolute Gasteiger partial charge is 0.464 e. The number of hydrogen-bond donors (Lipinski definition) is 2. The highest BCUT2D eigenvalue weighted by Gasteiger charge is 2.10. The van der Waals surface area contributed by atoms with Crippen LogP contribution in [0.3, 0.4) is 0 Å². The highest BCUT2D eigenvalue weighted by Crippen LogP contribution is 2.07. The number of carbonyl (C=O) groups is 1. The van der Waals surface area contributed by atoms with E-state index in [9.17, 15) is 4.79 Å². The lowest BCUT2D eigenvalue weighted by Crippen LogP contribution is -2.35. The normalized spacial score (nSPS) is 9.95. The lowest BCUT2D eigenvalue weighted by Gasteiger charge is -2.18. The minimum atomic E-state index is -1.09. The van der Waals surface area contributed by atoms with Crippen molar-refractivity contribution in [1.82, 2.24) is 15.2 Å². The Morgan fingerprint density at radius 1 is 1.47 bits per heavy atom. The van der Waals surface area contributed by atoms with Crippen LogP contribution in [0, 0.1) is 0 Å². The molecule has 0 spiro atoms. The van der Waals surface area contributed by atoms with E-state index in [1.165, 1.54) is 18.9 Å². The first-order valence-corrected chi connectivity index (χ1v) is 6.38. The van der Waals surface area contributed by atoms with Crippen LogP contribution in [0.5, 0.6) is 0 Å². The van der Waals surface area contributed by atoms with Gasteiger partial charge >= 0.3 is 6.09 Å². The second kappa shape index (κ2) is 8.07. The van der Waals surface area contributed by atoms with Crippen LogP contribution < -0.4 is 5.43 Å². The monoisotopic (exact) mass is 264 g/mol. The molecular weight excluding hydrogens is 244 g/mol. The quantitative estimate of drug-likeness (QED) is 0.429. The maximum absolute atomic E-state index is 10.9. The third-order valence-corrected chi connectivity index (χ3v) is 2.55. The molecule has 1 aromatic rings. The molecule has 0 saturated heterocycles. The summed E-state index contributed by atoms with van der Waals surface area (Å²) in [5.74, 6) is 0.406. The lowest BCUT2D eigenvalue weighted by atomic mass is 10.1. The van der Waals surface area contributed by atoms with Crippen molar-refractivity contribution in [3.05, 3.63) is 30.5 Å². The van der Waals surface area contributed by atoms with E-state index in [1.54, 1.807) is 6.07 Å². The highest BCUT2D eigenvalue weighted by molar-refractivity contribution is 5.67. The Kier molecular flexibility index (Phi) is 6.35. The molecule has 0 fully saturated rings. The Hall–Kier alpha value is -2.11. The second-order valence-electron chi connectivity index (χ2n) is 4.16. The fourth-order valence-corrected chi connectivity index (χ4v) is 1.55. The first-order valence-electron chi connectivity index (χ1n) is 6.38. The molecule has 0 aliphatic rings. The highest BCUT2D eigenvalue weighted by atomic mass is 16.4. The Bertz CT molecular complexity index is 406. The molecule has 0 aliphatic heterocycles. The molecule has 1 heterocycles. The zero-order chi connectivity index (χ0) is 14.1. The van der Waals surface area contributed by atoms with E-state index in [1.807, 2.05) is 6.07 Å². The fraction of sp³-hybridized carbons (Fsp3) is 0.462. The summed E-state index contributed by atoms with van der Waals surface area (Å²) < 4.78 is 0. The van der Waals surface area contributed by atoms with E-state index in [-0.39, 0.29) is 6.54 Å². The molecule has 0 aliphatic carbocycles. The van der Waals surface area contributed by atoms with Crippen LogP contribution in [0.1, 0.15) is 31.9 Å². The molecule has 0 unspecified atom stereocenters. The number of aryl methyl sites for hydroxylation is 1. The van der Waals surface area contributed by atoms with E-state index in [0.717, 1.165) is 23.5 Å². The third-order valence-electron chi connectivity index (χ3n) is 2.55. The number of amides is 1. The van der Waals surface area contributed by atoms with Crippen LogP contribution >= 0.6 is 0 Å². The predicted molar refractivity (Wildman–Crippen MR) is 73.8 cm³/mol. The van der Waals surface area contributed by atoms with E-state index in [0.29, 0.717) is 5.82 Å². The Labute approximate surface area is 113 Å². The molecule has 2 N–H and O–H groups in total. The Morgan fingerprint density at radius 3 is 2.79 bits per heavy atom. The molecular formula is C13H20N4O2. The van der Waals surface area contributed by atoms with Crippen LogP contribution in [0.15, 0.2) is 24.8 Å². The molecule has 104 valence electrons. The van der Waals surface area contributed by atoms with E-state index in [4.69, 9.17) is 5.11 Å². The minimum Gasteiger partial charge on any atom is -0.464 e. The molecule has 1 amide bonds. The van der Waals surface area contributed by atoms with Gasteiger partial charge in [-0.2, -0.15) is 5.10 Å². The Balaban J connectivity index is 2.55. The first kappa shape index (κ1) is 14.9. The van der Waals surface area contributed by atoms with Crippen LogP contribution in [-0.2, 0) is 6.42 Å². The van der Waals surface area contributed by atoms with Gasteiger partial charge < -0.3 is 5.11 Å². The smallest absolute Gasteiger partial charge is 0.426 e. The van der Waals surface area contributed by atoms with Gasteiger partial charge in [0.05, 0.1) is 12.2 Å². The van der Waals surface area contributed by atoms with Crippen LogP contribution in [0.25, 0.3) is 0 Å². The second-order valence-corrected chi connectivity index (χ2v) is 4.16. The molecule has 0 saturated carbocycles. The zero-order valence-corrected chi connectivity index (χ0v) is 11.2. The van der Waals surface area contributed by atoms with Crippen molar-refractivity contribution in [2.24, 2.45) is 0 Å². The molecule has 1 rings (SSSR count). The van der Waals surface area contributed by atoms with Gasteiger partial charge in [-0.15, -0.1) is 11.7 Å². The molecule has 0 aromatic carbocycles. The van der Waals surface area contributed by atoms with Crippen molar-refractivity contribution in [3.8, 4) is 0 Å². The number of anilines is 1. The number of nitrogens with zero attached hydrogens (tertiary/aromatic N) is 3. The average Bonchev–Trinajstić information content (AvgIpc) is 2.40. The van der Waals surface area contributed by atoms with E-state index >= 15 is 0 Å². The van der Waals surface area contributed by atoms with Gasteiger partial charge in [-0.1, -0.05) is 25.8 Å². The van der Waals surface area contributed by atoms with Gasteiger partial charge in [0.2, 0.25) is 0 Å². The van der Waals surface area contributed by atoms with Gasteiger partial charge in [0.1, 0.15) is 0 Å². The van der Waals surface area contributed by atoms with Crippen molar-refractivity contribution in [2.45, 2.75) is 32.6 Å². The summed E-state index contributed by atoms with van der Waals surface area (Å²) in [5, 5.41) is 18.0. The predicted octanol–water partition coefficient (Wildman–Crippen LogP) is 2.70. The number of hydrogen-bond acceptors (Lipinski definition) is 4. The van der Waals surface area contributed by atoms with Gasteiger partial charge in [0, 0.05) is 0 Å². The first-order chi connectivity index (χ1) is 9.17. The lowest BCUT2D eigenvalue weighted by molar-refractivity contribution is 0.159. The summed E-state index contributed by atoms with van der Waals surface area (Å²) in [6.07, 6.45) is 4.74. The van der Waals surface area contributed by atoms with E-state index in [2.05, 4.69) is 29.1 Å². The van der Waals surface area contributed by atoms with Crippen molar-refractivity contribution in [3.63, 3.8) is 0 Å². The molecule has 0 bridgehead atoms. The van der Waals surface area contributed by atoms with Crippen LogP contribution in [-0.4, -0.2) is 33.0 Å². The van der Waals surface area contributed by atoms with Crippen molar-refractivity contribution in [2.75, 3.05) is 12.0 Å². The average molecular weight is 264 g/mol. The molecule has 1 aromatic heterocycles. The van der Waals surface area contributed by atoms with Gasteiger partial charge in [-0.25, -0.2) is 9.80 Å².